The smallest absolute Gasteiger partial charge is 0.121 e. The number of hydrogen-bond acceptors (Lipinski definition) is 2. The van der Waals surface area contributed by atoms with Crippen LogP contribution < -0.4 is 0 Å². The van der Waals surface area contributed by atoms with E-state index in [-0.39, 0.29) is 12.1 Å². The van der Waals surface area contributed by atoms with Crippen LogP contribution in [0, 0.1) is 0 Å². The average Bonchev–Trinajstić information content (AvgIpc) is 2.51. The number of rotatable bonds is 7. The first kappa shape index (κ1) is 15.3. The summed E-state index contributed by atoms with van der Waals surface area (Å²) in [7, 11) is 0. The van der Waals surface area contributed by atoms with Crippen molar-refractivity contribution in [3.63, 3.8) is 0 Å². The maximum atomic E-state index is 5.59. The summed E-state index contributed by atoms with van der Waals surface area (Å²) in [6.07, 6.45) is 0. The second-order valence-corrected chi connectivity index (χ2v) is 4.67. The van der Waals surface area contributed by atoms with Gasteiger partial charge in [0.2, 0.25) is 0 Å². The van der Waals surface area contributed by atoms with Crippen LogP contribution >= 0.6 is 23.2 Å². The third kappa shape index (κ3) is 3.97. The molecule has 2 aromatic rings. The zero-order valence-electron chi connectivity index (χ0n) is 11.0. The van der Waals surface area contributed by atoms with Gasteiger partial charge < -0.3 is 9.47 Å². The number of benzene rings is 2. The topological polar surface area (TPSA) is 18.5 Å². The lowest BCUT2D eigenvalue weighted by atomic mass is 9.96. The Bertz CT molecular complexity index is 494. The quantitative estimate of drug-likeness (QED) is 0.685. The predicted molar refractivity (Wildman–Crippen MR) is 82.9 cm³/mol. The van der Waals surface area contributed by atoms with E-state index in [4.69, 9.17) is 32.7 Å². The standard InChI is InChI=1S/C16H16Cl2O2/c17-11-19-9-13-5-1-3-7-15(13)16-8-4-2-6-14(16)10-20-12-18/h1-8H,9-12H2. The Balaban J connectivity index is 2.35. The van der Waals surface area contributed by atoms with Crippen LogP contribution in [0.1, 0.15) is 11.1 Å². The Morgan fingerprint density at radius 2 is 1.05 bits per heavy atom. The van der Waals surface area contributed by atoms with Crippen molar-refractivity contribution < 1.29 is 9.47 Å². The van der Waals surface area contributed by atoms with Gasteiger partial charge in [0.1, 0.15) is 12.1 Å². The summed E-state index contributed by atoms with van der Waals surface area (Å²) >= 11 is 11.2. The summed E-state index contributed by atoms with van der Waals surface area (Å²) in [4.78, 5) is 0. The molecule has 0 aromatic heterocycles. The summed E-state index contributed by atoms with van der Waals surface area (Å²) in [5.41, 5.74) is 4.47. The summed E-state index contributed by atoms with van der Waals surface area (Å²) in [5, 5.41) is 0. The molecule has 0 saturated carbocycles. The van der Waals surface area contributed by atoms with Crippen molar-refractivity contribution in [3.05, 3.63) is 59.7 Å². The summed E-state index contributed by atoms with van der Waals surface area (Å²) in [5.74, 6) is 0. The van der Waals surface area contributed by atoms with Crippen LogP contribution in [0.3, 0.4) is 0 Å². The molecule has 0 aliphatic heterocycles. The van der Waals surface area contributed by atoms with Crippen molar-refractivity contribution in [3.8, 4) is 11.1 Å². The maximum absolute atomic E-state index is 5.59. The Morgan fingerprint density at radius 3 is 1.45 bits per heavy atom. The number of alkyl halides is 2. The molecule has 0 spiro atoms. The molecule has 2 rings (SSSR count). The van der Waals surface area contributed by atoms with E-state index in [9.17, 15) is 0 Å². The first-order valence-electron chi connectivity index (χ1n) is 6.30. The number of hydrogen-bond donors (Lipinski definition) is 0. The highest BCUT2D eigenvalue weighted by Gasteiger charge is 2.09. The van der Waals surface area contributed by atoms with Crippen molar-refractivity contribution in [2.24, 2.45) is 0 Å². The second kappa shape index (κ2) is 8.28. The monoisotopic (exact) mass is 310 g/mol. The maximum Gasteiger partial charge on any atom is 0.121 e. The molecule has 0 amide bonds. The molecule has 106 valence electrons. The molecular formula is C16H16Cl2O2. The molecule has 0 atom stereocenters. The molecule has 2 nitrogen and oxygen atoms in total. The Kier molecular flexibility index (Phi) is 6.34. The van der Waals surface area contributed by atoms with E-state index in [1.54, 1.807) is 0 Å². The van der Waals surface area contributed by atoms with Crippen LogP contribution in [0.25, 0.3) is 11.1 Å². The van der Waals surface area contributed by atoms with Crippen molar-refractivity contribution in [1.82, 2.24) is 0 Å². The zero-order chi connectivity index (χ0) is 14.2. The lowest BCUT2D eigenvalue weighted by Crippen LogP contribution is -1.98. The van der Waals surface area contributed by atoms with Gasteiger partial charge in [0.25, 0.3) is 0 Å². The SMILES string of the molecule is ClCOCc1ccccc1-c1ccccc1COCCl. The van der Waals surface area contributed by atoms with Crippen LogP contribution in [0.4, 0.5) is 0 Å². The van der Waals surface area contributed by atoms with E-state index in [0.717, 1.165) is 22.3 Å². The van der Waals surface area contributed by atoms with Gasteiger partial charge in [-0.1, -0.05) is 71.7 Å². The van der Waals surface area contributed by atoms with E-state index in [1.165, 1.54) is 0 Å². The van der Waals surface area contributed by atoms with Crippen molar-refractivity contribution in [2.45, 2.75) is 13.2 Å². The normalized spacial score (nSPS) is 10.7. The minimum absolute atomic E-state index is 0.186. The van der Waals surface area contributed by atoms with Crippen molar-refractivity contribution >= 4 is 23.2 Å². The predicted octanol–water partition coefficient (Wildman–Crippen LogP) is 4.78. The molecule has 2 aromatic carbocycles. The molecule has 0 heterocycles. The number of halogens is 2. The van der Waals surface area contributed by atoms with Gasteiger partial charge in [-0.3, -0.25) is 0 Å². The minimum Gasteiger partial charge on any atom is -0.361 e. The molecule has 0 bridgehead atoms. The summed E-state index contributed by atoms with van der Waals surface area (Å²) in [6, 6.07) is 16.6. The van der Waals surface area contributed by atoms with E-state index in [0.29, 0.717) is 13.2 Å². The van der Waals surface area contributed by atoms with Gasteiger partial charge in [0, 0.05) is 0 Å². The van der Waals surface area contributed by atoms with Crippen LogP contribution in [-0.4, -0.2) is 12.1 Å². The molecule has 20 heavy (non-hydrogen) atoms. The Morgan fingerprint density at radius 1 is 0.650 bits per heavy atom. The minimum atomic E-state index is 0.186. The van der Waals surface area contributed by atoms with Gasteiger partial charge in [0.05, 0.1) is 13.2 Å². The van der Waals surface area contributed by atoms with E-state index < -0.39 is 0 Å². The average molecular weight is 311 g/mol. The van der Waals surface area contributed by atoms with Gasteiger partial charge >= 0.3 is 0 Å². The Hall–Kier alpha value is -1.06. The fourth-order valence-electron chi connectivity index (χ4n) is 2.11. The molecular weight excluding hydrogens is 295 g/mol. The number of ether oxygens (including phenoxy) is 2. The van der Waals surface area contributed by atoms with Gasteiger partial charge in [-0.05, 0) is 22.3 Å². The van der Waals surface area contributed by atoms with Crippen LogP contribution in [0.5, 0.6) is 0 Å². The van der Waals surface area contributed by atoms with E-state index in [1.807, 2.05) is 36.4 Å². The van der Waals surface area contributed by atoms with Gasteiger partial charge in [-0.2, -0.15) is 0 Å². The van der Waals surface area contributed by atoms with Crippen LogP contribution in [-0.2, 0) is 22.7 Å². The van der Waals surface area contributed by atoms with Gasteiger partial charge in [0.15, 0.2) is 0 Å². The third-order valence-electron chi connectivity index (χ3n) is 2.99. The van der Waals surface area contributed by atoms with Crippen LogP contribution in [0.15, 0.2) is 48.5 Å². The molecule has 0 fully saturated rings. The van der Waals surface area contributed by atoms with Crippen LogP contribution in [0.2, 0.25) is 0 Å². The molecule has 0 N–H and O–H groups in total. The fourth-order valence-corrected chi connectivity index (χ4v) is 2.27. The van der Waals surface area contributed by atoms with Crippen molar-refractivity contribution in [1.29, 1.82) is 0 Å². The molecule has 0 saturated heterocycles. The highest BCUT2D eigenvalue weighted by molar-refractivity contribution is 6.17. The molecule has 0 radical (unpaired) electrons. The highest BCUT2D eigenvalue weighted by atomic mass is 35.5. The van der Waals surface area contributed by atoms with Gasteiger partial charge in [-0.25, -0.2) is 0 Å². The lowest BCUT2D eigenvalue weighted by Gasteiger charge is -2.13. The van der Waals surface area contributed by atoms with Crippen molar-refractivity contribution in [2.75, 3.05) is 12.1 Å². The first-order valence-corrected chi connectivity index (χ1v) is 7.37. The second-order valence-electron chi connectivity index (χ2n) is 4.23. The summed E-state index contributed by atoms with van der Waals surface area (Å²) in [6.45, 7) is 0.981. The van der Waals surface area contributed by atoms with E-state index in [2.05, 4.69) is 12.1 Å². The van der Waals surface area contributed by atoms with E-state index >= 15 is 0 Å². The first-order chi connectivity index (χ1) is 9.86. The fraction of sp³-hybridized carbons (Fsp3) is 0.250. The molecule has 0 aliphatic carbocycles. The molecule has 4 heteroatoms. The molecule has 0 aliphatic rings. The Labute approximate surface area is 129 Å². The largest absolute Gasteiger partial charge is 0.361 e. The van der Waals surface area contributed by atoms with Gasteiger partial charge in [-0.15, -0.1) is 0 Å². The third-order valence-corrected chi connectivity index (χ3v) is 3.30. The zero-order valence-corrected chi connectivity index (χ0v) is 12.5. The highest BCUT2D eigenvalue weighted by Crippen LogP contribution is 2.28. The lowest BCUT2D eigenvalue weighted by molar-refractivity contribution is 0.164. The molecule has 0 unspecified atom stereocenters. The summed E-state index contributed by atoms with van der Waals surface area (Å²) < 4.78 is 10.6.